The molecule has 2 heterocycles. The summed E-state index contributed by atoms with van der Waals surface area (Å²) >= 11 is 6.09. The second-order valence-corrected chi connectivity index (χ2v) is 6.85. The quantitative estimate of drug-likeness (QED) is 0.843. The van der Waals surface area contributed by atoms with Crippen molar-refractivity contribution in [2.75, 3.05) is 18.4 Å². The van der Waals surface area contributed by atoms with E-state index in [4.69, 9.17) is 11.6 Å². The van der Waals surface area contributed by atoms with Gasteiger partial charge in [-0.15, -0.1) is 0 Å². The number of benzene rings is 1. The van der Waals surface area contributed by atoms with Crippen LogP contribution in [0.25, 0.3) is 5.69 Å². The van der Waals surface area contributed by atoms with E-state index < -0.39 is 11.7 Å². The maximum Gasteiger partial charge on any atom is 0.416 e. The smallest absolute Gasteiger partial charge is 0.316 e. The Bertz CT molecular complexity index is 830. The van der Waals surface area contributed by atoms with Gasteiger partial charge in [0.2, 0.25) is 5.91 Å². The molecule has 1 atom stereocenters. The van der Waals surface area contributed by atoms with Crippen molar-refractivity contribution in [1.29, 1.82) is 0 Å². The van der Waals surface area contributed by atoms with Gasteiger partial charge in [0.25, 0.3) is 0 Å². The molecule has 1 aliphatic heterocycles. The molecule has 26 heavy (non-hydrogen) atoms. The number of nitrogens with zero attached hydrogens (tertiary/aromatic N) is 2. The molecule has 1 aliphatic rings. The van der Waals surface area contributed by atoms with Gasteiger partial charge in [0.1, 0.15) is 5.82 Å². The number of aromatic nitrogens is 2. The van der Waals surface area contributed by atoms with Crippen LogP contribution in [0, 0.1) is 18.8 Å². The second-order valence-electron chi connectivity index (χ2n) is 6.44. The van der Waals surface area contributed by atoms with Crippen LogP contribution in [0.4, 0.5) is 19.0 Å². The molecule has 0 bridgehead atoms. The predicted molar refractivity (Wildman–Crippen MR) is 92.5 cm³/mol. The molecule has 0 saturated carbocycles. The third-order valence-corrected chi connectivity index (χ3v) is 4.84. The van der Waals surface area contributed by atoms with E-state index in [1.807, 2.05) is 6.92 Å². The van der Waals surface area contributed by atoms with Crippen LogP contribution in [0.1, 0.15) is 18.2 Å². The first-order valence-electron chi connectivity index (χ1n) is 8.12. The first-order valence-corrected chi connectivity index (χ1v) is 8.50. The highest BCUT2D eigenvalue weighted by atomic mass is 35.5. The lowest BCUT2D eigenvalue weighted by Gasteiger charge is -2.31. The van der Waals surface area contributed by atoms with E-state index in [0.717, 1.165) is 25.2 Å². The molecule has 2 N–H and O–H groups in total. The minimum absolute atomic E-state index is 0.0582. The summed E-state index contributed by atoms with van der Waals surface area (Å²) in [6.45, 7) is 5.05. The Morgan fingerprint density at radius 1 is 1.38 bits per heavy atom. The standard InChI is InChI=1S/C17H18ClF3N4O/c1-9-5-15(23-16(26)10(2)11-7-22-8-11)25(24-9)14-6-12(17(19,20)21)3-4-13(14)18/h3-6,10-11,22H,7-8H2,1-2H3,(H,23,26). The van der Waals surface area contributed by atoms with Crippen LogP contribution < -0.4 is 10.6 Å². The number of carbonyl (C=O) groups excluding carboxylic acids is 1. The SMILES string of the molecule is Cc1cc(NC(=O)C(C)C2CNC2)n(-c2cc(C(F)(F)F)ccc2Cl)n1. The molecule has 1 aromatic carbocycles. The third-order valence-electron chi connectivity index (χ3n) is 4.52. The number of anilines is 1. The highest BCUT2D eigenvalue weighted by molar-refractivity contribution is 6.32. The molecule has 1 amide bonds. The van der Waals surface area contributed by atoms with Crippen LogP contribution in [0.2, 0.25) is 5.02 Å². The first kappa shape index (κ1) is 18.7. The van der Waals surface area contributed by atoms with Crippen molar-refractivity contribution in [3.63, 3.8) is 0 Å². The number of alkyl halides is 3. The van der Waals surface area contributed by atoms with Crippen LogP contribution in [-0.2, 0) is 11.0 Å². The van der Waals surface area contributed by atoms with E-state index in [1.54, 1.807) is 13.0 Å². The zero-order valence-corrected chi connectivity index (χ0v) is 14.9. The van der Waals surface area contributed by atoms with Gasteiger partial charge < -0.3 is 10.6 Å². The third kappa shape index (κ3) is 3.71. The number of carbonyl (C=O) groups is 1. The molecule has 1 unspecified atom stereocenters. The van der Waals surface area contributed by atoms with Crippen LogP contribution >= 0.6 is 11.6 Å². The molecule has 2 aromatic rings. The molecule has 0 radical (unpaired) electrons. The van der Waals surface area contributed by atoms with Gasteiger partial charge >= 0.3 is 6.18 Å². The maximum absolute atomic E-state index is 13.0. The Morgan fingerprint density at radius 3 is 2.65 bits per heavy atom. The van der Waals surface area contributed by atoms with Gasteiger partial charge in [-0.25, -0.2) is 4.68 Å². The van der Waals surface area contributed by atoms with Crippen molar-refractivity contribution in [1.82, 2.24) is 15.1 Å². The highest BCUT2D eigenvalue weighted by Crippen LogP contribution is 2.34. The van der Waals surface area contributed by atoms with Gasteiger partial charge in [-0.1, -0.05) is 18.5 Å². The Labute approximate surface area is 153 Å². The molecule has 0 spiro atoms. The van der Waals surface area contributed by atoms with Crippen molar-refractivity contribution < 1.29 is 18.0 Å². The van der Waals surface area contributed by atoms with Gasteiger partial charge in [-0.2, -0.15) is 18.3 Å². The Balaban J connectivity index is 1.93. The van der Waals surface area contributed by atoms with E-state index >= 15 is 0 Å². The molecule has 3 rings (SSSR count). The summed E-state index contributed by atoms with van der Waals surface area (Å²) in [5.74, 6) is 0.0927. The Kier molecular flexibility index (Phi) is 4.98. The molecular weight excluding hydrogens is 369 g/mol. The number of rotatable bonds is 4. The summed E-state index contributed by atoms with van der Waals surface area (Å²) in [4.78, 5) is 12.5. The van der Waals surface area contributed by atoms with Gasteiger partial charge in [0.05, 0.1) is 22.0 Å². The lowest BCUT2D eigenvalue weighted by molar-refractivity contribution is -0.137. The number of aryl methyl sites for hydroxylation is 1. The Hall–Kier alpha value is -2.06. The van der Waals surface area contributed by atoms with Crippen molar-refractivity contribution in [3.05, 3.63) is 40.5 Å². The molecule has 0 aliphatic carbocycles. The van der Waals surface area contributed by atoms with Crippen LogP contribution in [0.15, 0.2) is 24.3 Å². The molecule has 1 fully saturated rings. The van der Waals surface area contributed by atoms with Crippen LogP contribution in [-0.4, -0.2) is 28.8 Å². The van der Waals surface area contributed by atoms with Crippen LogP contribution in [0.5, 0.6) is 0 Å². The molecule has 1 saturated heterocycles. The lowest BCUT2D eigenvalue weighted by atomic mass is 9.88. The van der Waals surface area contributed by atoms with E-state index in [-0.39, 0.29) is 34.3 Å². The van der Waals surface area contributed by atoms with E-state index in [0.29, 0.717) is 5.69 Å². The zero-order valence-electron chi connectivity index (χ0n) is 14.2. The first-order chi connectivity index (χ1) is 12.2. The fourth-order valence-electron chi connectivity index (χ4n) is 2.74. The summed E-state index contributed by atoms with van der Waals surface area (Å²) in [6.07, 6.45) is -4.50. The summed E-state index contributed by atoms with van der Waals surface area (Å²) in [5, 5.41) is 10.2. The van der Waals surface area contributed by atoms with Gasteiger partial charge in [0, 0.05) is 12.0 Å². The summed E-state index contributed by atoms with van der Waals surface area (Å²) < 4.78 is 40.3. The number of amides is 1. The average Bonchev–Trinajstić information content (AvgIpc) is 2.85. The topological polar surface area (TPSA) is 59.0 Å². The molecule has 5 nitrogen and oxygen atoms in total. The number of nitrogens with one attached hydrogen (secondary N) is 2. The average molecular weight is 387 g/mol. The van der Waals surface area contributed by atoms with Gasteiger partial charge in [-0.3, -0.25) is 4.79 Å². The van der Waals surface area contributed by atoms with Gasteiger partial charge in [-0.05, 0) is 44.1 Å². The Morgan fingerprint density at radius 2 is 2.08 bits per heavy atom. The van der Waals surface area contributed by atoms with Gasteiger partial charge in [0.15, 0.2) is 0 Å². The predicted octanol–water partition coefficient (Wildman–Crippen LogP) is 3.65. The summed E-state index contributed by atoms with van der Waals surface area (Å²) in [6, 6.07) is 4.60. The zero-order chi connectivity index (χ0) is 19.1. The van der Waals surface area contributed by atoms with Crippen molar-refractivity contribution in [2.24, 2.45) is 11.8 Å². The number of hydrogen-bond donors (Lipinski definition) is 2. The summed E-state index contributed by atoms with van der Waals surface area (Å²) in [5.41, 5.74) is -0.231. The number of hydrogen-bond acceptors (Lipinski definition) is 3. The highest BCUT2D eigenvalue weighted by Gasteiger charge is 2.32. The molecular formula is C17H18ClF3N4O. The normalized spacial score (nSPS) is 16.2. The largest absolute Gasteiger partial charge is 0.416 e. The molecule has 9 heteroatoms. The minimum Gasteiger partial charge on any atom is -0.316 e. The lowest BCUT2D eigenvalue weighted by Crippen LogP contribution is -2.48. The molecule has 1 aromatic heterocycles. The maximum atomic E-state index is 13.0. The second kappa shape index (κ2) is 6.92. The monoisotopic (exact) mass is 386 g/mol. The van der Waals surface area contributed by atoms with E-state index in [9.17, 15) is 18.0 Å². The van der Waals surface area contributed by atoms with E-state index in [1.165, 1.54) is 10.7 Å². The summed E-state index contributed by atoms with van der Waals surface area (Å²) in [7, 11) is 0. The minimum atomic E-state index is -4.50. The van der Waals surface area contributed by atoms with Crippen molar-refractivity contribution in [3.8, 4) is 5.69 Å². The fourth-order valence-corrected chi connectivity index (χ4v) is 2.94. The van der Waals surface area contributed by atoms with Crippen molar-refractivity contribution in [2.45, 2.75) is 20.0 Å². The fraction of sp³-hybridized carbons (Fsp3) is 0.412. The number of halogens is 4. The van der Waals surface area contributed by atoms with Crippen LogP contribution in [0.3, 0.4) is 0 Å². The van der Waals surface area contributed by atoms with Crippen molar-refractivity contribution >= 4 is 23.3 Å². The van der Waals surface area contributed by atoms with E-state index in [2.05, 4.69) is 15.7 Å². The molecule has 140 valence electrons.